The van der Waals surface area contributed by atoms with Crippen LogP contribution in [0.15, 0.2) is 199 Å². The number of fused-ring (bicyclic) bond motifs is 2. The smallest absolute Gasteiger partial charge is 0.285 e. The number of pyridine rings is 2. The fraction of sp³-hybridized carbons (Fsp3) is 0.258. The van der Waals surface area contributed by atoms with Crippen molar-refractivity contribution in [3.63, 3.8) is 0 Å². The molecule has 2 heterocycles. The first-order valence-corrected chi connectivity index (χ1v) is 28.3. The molecule has 378 valence electrons. The summed E-state index contributed by atoms with van der Waals surface area (Å²) in [6.45, 7) is 16.0. The molecule has 6 aromatic carbocycles. The Morgan fingerprint density at radius 3 is 1.17 bits per heavy atom. The van der Waals surface area contributed by atoms with Gasteiger partial charge >= 0.3 is 0 Å². The maximum atomic E-state index is 12.3. The van der Waals surface area contributed by atoms with Crippen molar-refractivity contribution < 1.29 is 25.9 Å². The van der Waals surface area contributed by atoms with Crippen LogP contribution < -0.4 is 0 Å². The van der Waals surface area contributed by atoms with E-state index in [4.69, 9.17) is 9.97 Å². The minimum absolute atomic E-state index is 0.190. The first-order valence-electron chi connectivity index (χ1n) is 25.4. The van der Waals surface area contributed by atoms with Crippen molar-refractivity contribution in [1.29, 1.82) is 0 Å². The molecule has 2 aliphatic rings. The zero-order valence-corrected chi connectivity index (χ0v) is 44.7. The molecule has 0 saturated carbocycles. The highest BCUT2D eigenvalue weighted by molar-refractivity contribution is 7.86. The van der Waals surface area contributed by atoms with Gasteiger partial charge in [0.25, 0.3) is 20.2 Å². The monoisotopic (exact) mass is 1000 g/mol. The van der Waals surface area contributed by atoms with Gasteiger partial charge in [0.2, 0.25) is 0 Å². The Hall–Kier alpha value is -6.56. The van der Waals surface area contributed by atoms with Gasteiger partial charge in [-0.2, -0.15) is 16.8 Å². The first-order chi connectivity index (χ1) is 35.0. The Morgan fingerprint density at radius 1 is 0.403 bits per heavy atom. The second-order valence-electron chi connectivity index (χ2n) is 15.8. The molecule has 2 aromatic heterocycles. The number of nitrogens with zero attached hydrogens (tertiary/aromatic N) is 2. The van der Waals surface area contributed by atoms with Gasteiger partial charge in [-0.25, -0.2) is 9.97 Å². The van der Waals surface area contributed by atoms with Crippen LogP contribution >= 0.6 is 0 Å². The summed E-state index contributed by atoms with van der Waals surface area (Å²) in [4.78, 5) is 9.17. The van der Waals surface area contributed by atoms with Crippen LogP contribution in [0, 0.1) is 0 Å². The Labute approximate surface area is 430 Å². The van der Waals surface area contributed by atoms with Crippen LogP contribution in [0.1, 0.15) is 108 Å². The van der Waals surface area contributed by atoms with Crippen molar-refractivity contribution in [1.82, 2.24) is 9.97 Å². The van der Waals surface area contributed by atoms with Crippen molar-refractivity contribution in [2.24, 2.45) is 0 Å². The molecule has 0 fully saturated rings. The molecule has 0 bridgehead atoms. The minimum atomic E-state index is -4.56. The molecule has 0 amide bonds. The van der Waals surface area contributed by atoms with Gasteiger partial charge in [-0.05, 0) is 96.7 Å². The van der Waals surface area contributed by atoms with Crippen LogP contribution in [0.25, 0.3) is 45.0 Å². The first kappa shape index (κ1) is 58.0. The van der Waals surface area contributed by atoms with Crippen LogP contribution in [0.2, 0.25) is 0 Å². The Morgan fingerprint density at radius 2 is 0.778 bits per heavy atom. The van der Waals surface area contributed by atoms with Gasteiger partial charge in [-0.3, -0.25) is 9.11 Å². The van der Waals surface area contributed by atoms with Crippen LogP contribution in [0.3, 0.4) is 0 Å². The third-order valence-corrected chi connectivity index (χ3v) is 13.9. The molecule has 72 heavy (non-hydrogen) atoms. The normalized spacial score (nSPS) is 14.1. The van der Waals surface area contributed by atoms with Gasteiger partial charge in [0.1, 0.15) is 0 Å². The summed E-state index contributed by atoms with van der Waals surface area (Å²) in [6, 6.07) is 63.7. The molecule has 8 aromatic rings. The van der Waals surface area contributed by atoms with E-state index in [2.05, 4.69) is 60.7 Å². The average molecular weight is 1010 g/mol. The molecule has 2 N–H and O–H groups in total. The Balaban J connectivity index is 0.000000225. The number of aryl methyl sites for hydroxylation is 2. The zero-order valence-electron chi connectivity index (χ0n) is 43.1. The van der Waals surface area contributed by atoms with Gasteiger partial charge in [-0.1, -0.05) is 219 Å². The minimum Gasteiger partial charge on any atom is -0.285 e. The number of hydrogen-bond acceptors (Lipinski definition) is 6. The van der Waals surface area contributed by atoms with Gasteiger partial charge in [0.05, 0.1) is 32.9 Å². The van der Waals surface area contributed by atoms with Crippen molar-refractivity contribution in [2.45, 2.75) is 110 Å². The fourth-order valence-electron chi connectivity index (χ4n) is 8.74. The number of benzene rings is 6. The molecule has 0 saturated heterocycles. The van der Waals surface area contributed by atoms with E-state index in [0.29, 0.717) is 24.0 Å². The summed E-state index contributed by atoms with van der Waals surface area (Å²) in [5.41, 5.74) is 12.4. The lowest BCUT2D eigenvalue weighted by Crippen LogP contribution is -2.35. The summed E-state index contributed by atoms with van der Waals surface area (Å²) >= 11 is 0. The maximum Gasteiger partial charge on any atom is 0.294 e. The van der Waals surface area contributed by atoms with E-state index in [1.54, 1.807) is 18.2 Å². The Bertz CT molecular complexity index is 2830. The van der Waals surface area contributed by atoms with E-state index in [1.165, 1.54) is 6.07 Å². The summed E-state index contributed by atoms with van der Waals surface area (Å²) < 4.78 is 68.8. The van der Waals surface area contributed by atoms with E-state index in [1.807, 2.05) is 165 Å². The van der Waals surface area contributed by atoms with E-state index in [-0.39, 0.29) is 11.3 Å². The number of rotatable bonds is 7. The highest BCUT2D eigenvalue weighted by Gasteiger charge is 2.42. The SMILES string of the molecule is CC.CC.CC.CC.O=S(=O)(O)c1ccc2c(c1[C@H]1c3ccccc3CC[C@H]1S(=O)(=O)O)CCCC2.c1ccc(-c2cccc(-c3ccccc3)n2)cc1.c1ccc(-c2cccc(-c3ccccc3)n2)cc1. The lowest BCUT2D eigenvalue weighted by Gasteiger charge is -2.35. The van der Waals surface area contributed by atoms with E-state index < -0.39 is 31.4 Å². The van der Waals surface area contributed by atoms with Crippen molar-refractivity contribution in [3.05, 3.63) is 222 Å². The molecule has 2 atom stereocenters. The lowest BCUT2D eigenvalue weighted by molar-refractivity contribution is 0.442. The molecular formula is C62H72N2O6S2. The van der Waals surface area contributed by atoms with Crippen molar-refractivity contribution in [3.8, 4) is 45.0 Å². The molecule has 0 spiro atoms. The quantitative estimate of drug-likeness (QED) is 0.151. The van der Waals surface area contributed by atoms with E-state index >= 15 is 0 Å². The molecule has 10 rings (SSSR count). The Kier molecular flexibility index (Phi) is 23.9. The molecule has 0 radical (unpaired) electrons. The molecule has 10 heteroatoms. The molecule has 8 nitrogen and oxygen atoms in total. The lowest BCUT2D eigenvalue weighted by atomic mass is 9.74. The van der Waals surface area contributed by atoms with E-state index in [9.17, 15) is 25.9 Å². The van der Waals surface area contributed by atoms with Gasteiger partial charge in [0.15, 0.2) is 0 Å². The van der Waals surface area contributed by atoms with Gasteiger partial charge in [-0.15, -0.1) is 0 Å². The summed E-state index contributed by atoms with van der Waals surface area (Å²) in [6.07, 6.45) is 3.90. The van der Waals surface area contributed by atoms with Crippen LogP contribution in [0.4, 0.5) is 0 Å². The summed E-state index contributed by atoms with van der Waals surface area (Å²) in [5, 5.41) is -1.16. The molecule has 0 unspecified atom stereocenters. The van der Waals surface area contributed by atoms with Crippen LogP contribution in [0.5, 0.6) is 0 Å². The third kappa shape index (κ3) is 15.7. The average Bonchev–Trinajstić information content (AvgIpc) is 3.45. The van der Waals surface area contributed by atoms with Gasteiger partial charge < -0.3 is 0 Å². The zero-order chi connectivity index (χ0) is 52.5. The molecule has 0 aliphatic heterocycles. The predicted octanol–water partition coefficient (Wildman–Crippen LogP) is 16.1. The molecule has 2 aliphatic carbocycles. The highest BCUT2D eigenvalue weighted by Crippen LogP contribution is 2.45. The second-order valence-corrected chi connectivity index (χ2v) is 18.9. The predicted molar refractivity (Wildman–Crippen MR) is 300 cm³/mol. The maximum absolute atomic E-state index is 12.3. The number of hydrogen-bond donors (Lipinski definition) is 2. The summed E-state index contributed by atoms with van der Waals surface area (Å²) in [5.74, 6) is -0.843. The van der Waals surface area contributed by atoms with Crippen LogP contribution in [-0.2, 0) is 39.5 Å². The van der Waals surface area contributed by atoms with E-state index in [0.717, 1.165) is 81.0 Å². The second kappa shape index (κ2) is 29.7. The van der Waals surface area contributed by atoms with Crippen LogP contribution in [-0.4, -0.2) is 41.2 Å². The summed E-state index contributed by atoms with van der Waals surface area (Å²) in [7, 11) is -9.00. The largest absolute Gasteiger partial charge is 0.294 e. The van der Waals surface area contributed by atoms with Gasteiger partial charge in [0, 0.05) is 28.2 Å². The third-order valence-electron chi connectivity index (χ3n) is 11.7. The topological polar surface area (TPSA) is 135 Å². The fourth-order valence-corrected chi connectivity index (χ4v) is 10.6. The highest BCUT2D eigenvalue weighted by atomic mass is 32.2. The molecular weight excluding hydrogens is 933 g/mol. The van der Waals surface area contributed by atoms with Crippen molar-refractivity contribution >= 4 is 20.2 Å². The van der Waals surface area contributed by atoms with Crippen molar-refractivity contribution in [2.75, 3.05) is 0 Å². The number of aromatic nitrogens is 2. The standard InChI is InChI=1S/C20H22O6S2.2C17H13N.4C2H6/c21-27(22,23)17-11-9-13-5-1-3-7-15(13)19(17)20-16-8-4-2-6-14(16)10-12-18(20)28(24,25)26;2*1-3-8-14(9-4-1)16-12-7-13-17(18-16)15-10-5-2-6-11-15;4*1-2/h1,3,5,7,10,12,17,19H,2,4,6,8-9,11H2,(H,21,22,23)(H,24,25,26);2*1-13H;4*1-2H3/t17-,19+;;;;;;/m1....../s1.